The van der Waals surface area contributed by atoms with Gasteiger partial charge in [-0.3, -0.25) is 5.32 Å². The summed E-state index contributed by atoms with van der Waals surface area (Å²) in [6, 6.07) is 6.16. The van der Waals surface area contributed by atoms with E-state index < -0.39 is 17.6 Å². The fourth-order valence-electron chi connectivity index (χ4n) is 2.40. The van der Waals surface area contributed by atoms with Gasteiger partial charge in [-0.15, -0.1) is 11.3 Å². The van der Waals surface area contributed by atoms with Crippen LogP contribution in [0, 0.1) is 0 Å². The number of benzene rings is 1. The molecule has 0 spiro atoms. The Morgan fingerprint density at radius 1 is 1.13 bits per heavy atom. The zero-order chi connectivity index (χ0) is 21.9. The van der Waals surface area contributed by atoms with Crippen molar-refractivity contribution in [3.8, 4) is 0 Å². The molecule has 0 bridgehead atoms. The normalized spacial score (nSPS) is 11.6. The molecule has 0 fully saturated rings. The Kier molecular flexibility index (Phi) is 6.60. The third kappa shape index (κ3) is 5.69. The minimum absolute atomic E-state index is 0.302. The summed E-state index contributed by atoms with van der Waals surface area (Å²) in [5, 5.41) is 5.92. The summed E-state index contributed by atoms with van der Waals surface area (Å²) in [7, 11) is 0. The lowest BCUT2D eigenvalue weighted by Gasteiger charge is -2.17. The molecule has 2 heterocycles. The molecule has 2 aromatic heterocycles. The van der Waals surface area contributed by atoms with Crippen LogP contribution in [-0.2, 0) is 9.53 Å². The van der Waals surface area contributed by atoms with Gasteiger partial charge in [0.1, 0.15) is 11.9 Å². The summed E-state index contributed by atoms with van der Waals surface area (Å²) in [5.74, 6) is -0.122. The van der Waals surface area contributed by atoms with Crippen LogP contribution in [0.15, 0.2) is 36.7 Å². The van der Waals surface area contributed by atoms with Crippen molar-refractivity contribution >= 4 is 74.3 Å². The van der Waals surface area contributed by atoms with E-state index in [0.717, 1.165) is 4.88 Å². The number of aromatic nitrogens is 2. The van der Waals surface area contributed by atoms with Gasteiger partial charge in [-0.25, -0.2) is 19.6 Å². The maximum Gasteiger partial charge on any atom is 0.331 e. The van der Waals surface area contributed by atoms with Crippen molar-refractivity contribution in [3.05, 3.63) is 51.6 Å². The van der Waals surface area contributed by atoms with Crippen LogP contribution in [0.25, 0.3) is 16.3 Å². The highest BCUT2D eigenvalue weighted by molar-refractivity contribution is 7.20. The molecule has 3 aromatic rings. The van der Waals surface area contributed by atoms with Crippen LogP contribution in [0.5, 0.6) is 0 Å². The van der Waals surface area contributed by atoms with Crippen LogP contribution in [-0.4, -0.2) is 27.6 Å². The standard InChI is InChI=1S/C20H18Cl2N4O3S/c1-20(2,3)29-15(27)8-7-11-9-14-17(30-11)18(24-10-23-14)26-19(28)25-16-12(21)5-4-6-13(16)22/h4-10H,1-3H3,(H2,23,24,25,26,28). The average molecular weight is 465 g/mol. The maximum absolute atomic E-state index is 12.4. The fourth-order valence-corrected chi connectivity index (χ4v) is 3.85. The SMILES string of the molecule is CC(C)(C)OC(=O)C=Cc1cc2ncnc(NC(=O)Nc3c(Cl)cccc3Cl)c2s1. The maximum atomic E-state index is 12.4. The van der Waals surface area contributed by atoms with Crippen LogP contribution in [0.3, 0.4) is 0 Å². The van der Waals surface area contributed by atoms with E-state index in [2.05, 4.69) is 20.6 Å². The molecule has 0 aliphatic heterocycles. The van der Waals surface area contributed by atoms with Gasteiger partial charge >= 0.3 is 12.0 Å². The van der Waals surface area contributed by atoms with E-state index >= 15 is 0 Å². The molecule has 0 unspecified atom stereocenters. The predicted molar refractivity (Wildman–Crippen MR) is 121 cm³/mol. The highest BCUT2D eigenvalue weighted by Gasteiger charge is 2.15. The Balaban J connectivity index is 1.77. The Labute approximate surface area is 187 Å². The molecule has 2 N–H and O–H groups in total. The van der Waals surface area contributed by atoms with Gasteiger partial charge in [0, 0.05) is 11.0 Å². The van der Waals surface area contributed by atoms with Gasteiger partial charge in [0.2, 0.25) is 0 Å². The Morgan fingerprint density at radius 3 is 2.50 bits per heavy atom. The zero-order valence-electron chi connectivity index (χ0n) is 16.3. The first-order chi connectivity index (χ1) is 14.1. The number of fused-ring (bicyclic) bond motifs is 1. The first-order valence-corrected chi connectivity index (χ1v) is 10.4. The molecule has 3 rings (SSSR count). The third-order valence-corrected chi connectivity index (χ3v) is 5.28. The number of nitrogens with zero attached hydrogens (tertiary/aromatic N) is 2. The van der Waals surface area contributed by atoms with E-state index in [-0.39, 0.29) is 0 Å². The second-order valence-electron chi connectivity index (χ2n) is 7.13. The minimum atomic E-state index is -0.567. The van der Waals surface area contributed by atoms with Gasteiger partial charge < -0.3 is 10.1 Å². The van der Waals surface area contributed by atoms with Gasteiger partial charge in [0.15, 0.2) is 5.82 Å². The molecule has 30 heavy (non-hydrogen) atoms. The number of hydrogen-bond donors (Lipinski definition) is 2. The van der Waals surface area contributed by atoms with Crippen LogP contribution in [0.2, 0.25) is 10.0 Å². The second-order valence-corrected chi connectivity index (χ2v) is 9.03. The summed E-state index contributed by atoms with van der Waals surface area (Å²) >= 11 is 13.5. The number of carbonyl (C=O) groups excluding carboxylic acids is 2. The van der Waals surface area contributed by atoms with E-state index in [9.17, 15) is 9.59 Å². The number of amides is 2. The molecule has 0 saturated heterocycles. The molecule has 0 aliphatic carbocycles. The molecule has 7 nitrogen and oxygen atoms in total. The second kappa shape index (κ2) is 8.99. The van der Waals surface area contributed by atoms with E-state index in [0.29, 0.717) is 31.8 Å². The van der Waals surface area contributed by atoms with Crippen molar-refractivity contribution in [1.82, 2.24) is 9.97 Å². The van der Waals surface area contributed by atoms with Crippen molar-refractivity contribution in [2.24, 2.45) is 0 Å². The molecule has 2 amide bonds. The predicted octanol–water partition coefficient (Wildman–Crippen LogP) is 6.00. The number of carbonyl (C=O) groups is 2. The van der Waals surface area contributed by atoms with Gasteiger partial charge in [-0.1, -0.05) is 29.3 Å². The number of anilines is 2. The van der Waals surface area contributed by atoms with Gasteiger partial charge in [-0.05, 0) is 45.0 Å². The number of urea groups is 1. The summed E-state index contributed by atoms with van der Waals surface area (Å²) in [4.78, 5) is 33.4. The monoisotopic (exact) mass is 464 g/mol. The Bertz CT molecular complexity index is 1120. The Morgan fingerprint density at radius 2 is 1.83 bits per heavy atom. The van der Waals surface area contributed by atoms with Gasteiger partial charge in [0.05, 0.1) is 25.9 Å². The van der Waals surface area contributed by atoms with Crippen molar-refractivity contribution in [1.29, 1.82) is 0 Å². The number of rotatable bonds is 4. The molecular formula is C20H18Cl2N4O3S. The van der Waals surface area contributed by atoms with Crippen molar-refractivity contribution in [2.45, 2.75) is 26.4 Å². The highest BCUT2D eigenvalue weighted by atomic mass is 35.5. The largest absolute Gasteiger partial charge is 0.457 e. The number of halogens is 2. The van der Waals surface area contributed by atoms with E-state index in [1.807, 2.05) is 0 Å². The first kappa shape index (κ1) is 22.0. The molecule has 0 saturated carbocycles. The fraction of sp³-hybridized carbons (Fsp3) is 0.200. The van der Waals surface area contributed by atoms with Crippen LogP contribution >= 0.6 is 34.5 Å². The van der Waals surface area contributed by atoms with Gasteiger partial charge in [-0.2, -0.15) is 0 Å². The summed E-state index contributed by atoms with van der Waals surface area (Å²) < 4.78 is 5.90. The average Bonchev–Trinajstić information content (AvgIpc) is 3.06. The van der Waals surface area contributed by atoms with E-state index in [1.54, 1.807) is 51.1 Å². The topological polar surface area (TPSA) is 93.2 Å². The van der Waals surface area contributed by atoms with Crippen LogP contribution in [0.4, 0.5) is 16.3 Å². The molecule has 0 aliphatic rings. The minimum Gasteiger partial charge on any atom is -0.457 e. The summed E-state index contributed by atoms with van der Waals surface area (Å²) in [6.07, 6.45) is 4.32. The van der Waals surface area contributed by atoms with Crippen LogP contribution in [0.1, 0.15) is 25.6 Å². The molecule has 10 heteroatoms. The lowest BCUT2D eigenvalue weighted by atomic mass is 10.2. The van der Waals surface area contributed by atoms with Crippen LogP contribution < -0.4 is 10.6 Å². The Hall–Kier alpha value is -2.68. The number of nitrogens with one attached hydrogen (secondary N) is 2. The lowest BCUT2D eigenvalue weighted by Crippen LogP contribution is -2.22. The molecular weight excluding hydrogens is 447 g/mol. The number of thiophene rings is 1. The number of para-hydroxylation sites is 1. The van der Waals surface area contributed by atoms with Crippen molar-refractivity contribution in [3.63, 3.8) is 0 Å². The summed E-state index contributed by atoms with van der Waals surface area (Å²) in [6.45, 7) is 5.39. The third-order valence-electron chi connectivity index (χ3n) is 3.55. The first-order valence-electron chi connectivity index (χ1n) is 8.80. The lowest BCUT2D eigenvalue weighted by molar-refractivity contribution is -0.148. The molecule has 156 valence electrons. The number of esters is 1. The van der Waals surface area contributed by atoms with E-state index in [4.69, 9.17) is 27.9 Å². The number of ether oxygens (including phenoxy) is 1. The zero-order valence-corrected chi connectivity index (χ0v) is 18.7. The van der Waals surface area contributed by atoms with Crippen molar-refractivity contribution < 1.29 is 14.3 Å². The molecule has 1 aromatic carbocycles. The van der Waals surface area contributed by atoms with Gasteiger partial charge in [0.25, 0.3) is 0 Å². The highest BCUT2D eigenvalue weighted by Crippen LogP contribution is 2.32. The summed E-state index contributed by atoms with van der Waals surface area (Å²) in [5.41, 5.74) is 0.364. The number of hydrogen-bond acceptors (Lipinski definition) is 6. The van der Waals surface area contributed by atoms with E-state index in [1.165, 1.54) is 23.7 Å². The quantitative estimate of drug-likeness (QED) is 0.364. The molecule has 0 atom stereocenters. The smallest absolute Gasteiger partial charge is 0.331 e. The molecule has 0 radical (unpaired) electrons. The van der Waals surface area contributed by atoms with Crippen molar-refractivity contribution in [2.75, 3.05) is 10.6 Å².